The van der Waals surface area contributed by atoms with E-state index in [0.29, 0.717) is 13.0 Å². The van der Waals surface area contributed by atoms with Crippen LogP contribution in [0, 0.1) is 0 Å². The van der Waals surface area contributed by atoms with E-state index < -0.39 is 12.1 Å². The molecule has 144 valence electrons. The highest BCUT2D eigenvalue weighted by Gasteiger charge is 2.35. The van der Waals surface area contributed by atoms with E-state index >= 15 is 0 Å². The zero-order valence-electron chi connectivity index (χ0n) is 14.8. The number of nitrogens with one attached hydrogen (secondary N) is 1. The summed E-state index contributed by atoms with van der Waals surface area (Å²) in [5, 5.41) is 2.42. The molecule has 1 aromatic rings. The molecule has 1 aromatic carbocycles. The number of likely N-dealkylation sites (tertiary alicyclic amines) is 1. The summed E-state index contributed by atoms with van der Waals surface area (Å²) in [6.07, 6.45) is 0.764. The van der Waals surface area contributed by atoms with Gasteiger partial charge in [0.15, 0.2) is 0 Å². The summed E-state index contributed by atoms with van der Waals surface area (Å²) in [4.78, 5) is 50.4. The summed E-state index contributed by atoms with van der Waals surface area (Å²) < 4.78 is 5.31. The number of benzene rings is 1. The number of rotatable bonds is 6. The fraction of sp³-hybridized carbons (Fsp3) is 0.444. The molecule has 2 aliphatic rings. The Morgan fingerprint density at radius 3 is 2.70 bits per heavy atom. The lowest BCUT2D eigenvalue weighted by molar-refractivity contribution is -0.127. The van der Waals surface area contributed by atoms with Crippen LogP contribution in [-0.2, 0) is 20.9 Å². The Morgan fingerprint density at radius 2 is 2.00 bits per heavy atom. The van der Waals surface area contributed by atoms with Gasteiger partial charge in [-0.3, -0.25) is 24.2 Å². The quantitative estimate of drug-likeness (QED) is 0.791. The van der Waals surface area contributed by atoms with Crippen molar-refractivity contribution in [1.29, 1.82) is 0 Å². The van der Waals surface area contributed by atoms with Crippen LogP contribution in [-0.4, -0.2) is 64.4 Å². The first kappa shape index (κ1) is 19.2. The second kappa shape index (κ2) is 8.90. The third-order valence-corrected chi connectivity index (χ3v) is 5.33. The molecule has 1 N–H and O–H groups in total. The molecule has 0 aromatic heterocycles. The molecular formula is C18H21N3O5S. The van der Waals surface area contributed by atoms with Crippen molar-refractivity contribution >= 4 is 34.9 Å². The van der Waals surface area contributed by atoms with Gasteiger partial charge in [-0.15, -0.1) is 0 Å². The number of amides is 4. The predicted octanol–water partition coefficient (Wildman–Crippen LogP) is 1.60. The standard InChI is InChI=1S/C18H21N3O5S/c22-15-12-27-18(25)21(15)10-8-19-16(23)14-7-4-9-20(14)17(24)26-11-13-5-2-1-3-6-13/h1-3,5-6,14H,4,7-12H2,(H,19,23). The molecule has 3 rings (SSSR count). The maximum absolute atomic E-state index is 12.4. The van der Waals surface area contributed by atoms with Crippen LogP contribution in [0.25, 0.3) is 0 Å². The summed E-state index contributed by atoms with van der Waals surface area (Å²) in [6.45, 7) is 0.925. The summed E-state index contributed by atoms with van der Waals surface area (Å²) in [7, 11) is 0. The van der Waals surface area contributed by atoms with Crippen LogP contribution in [0.3, 0.4) is 0 Å². The Hall–Kier alpha value is -2.55. The Kier molecular flexibility index (Phi) is 6.33. The van der Waals surface area contributed by atoms with Gasteiger partial charge >= 0.3 is 6.09 Å². The zero-order chi connectivity index (χ0) is 19.2. The summed E-state index contributed by atoms with van der Waals surface area (Å²) in [5.74, 6) is -0.390. The molecule has 9 heteroatoms. The van der Waals surface area contributed by atoms with Gasteiger partial charge in [0, 0.05) is 19.6 Å². The number of imide groups is 1. The Morgan fingerprint density at radius 1 is 1.22 bits per heavy atom. The second-order valence-corrected chi connectivity index (χ2v) is 7.21. The number of nitrogens with zero attached hydrogens (tertiary/aromatic N) is 2. The predicted molar refractivity (Wildman–Crippen MR) is 98.9 cm³/mol. The van der Waals surface area contributed by atoms with Crippen LogP contribution in [0.15, 0.2) is 30.3 Å². The maximum atomic E-state index is 12.4. The highest BCUT2D eigenvalue weighted by molar-refractivity contribution is 8.14. The molecule has 8 nitrogen and oxygen atoms in total. The second-order valence-electron chi connectivity index (χ2n) is 6.28. The Balaban J connectivity index is 1.46. The highest BCUT2D eigenvalue weighted by atomic mass is 32.2. The normalized spacial score (nSPS) is 19.5. The van der Waals surface area contributed by atoms with Gasteiger partial charge in [0.25, 0.3) is 5.24 Å². The molecule has 1 atom stereocenters. The smallest absolute Gasteiger partial charge is 0.410 e. The lowest BCUT2D eigenvalue weighted by Gasteiger charge is -2.23. The third-order valence-electron chi connectivity index (χ3n) is 4.47. The van der Waals surface area contributed by atoms with E-state index in [1.165, 1.54) is 4.90 Å². The van der Waals surface area contributed by atoms with Gasteiger partial charge < -0.3 is 10.1 Å². The molecule has 0 radical (unpaired) electrons. The van der Waals surface area contributed by atoms with Crippen LogP contribution in [0.2, 0.25) is 0 Å². The van der Waals surface area contributed by atoms with E-state index in [0.717, 1.165) is 28.6 Å². The molecule has 1 unspecified atom stereocenters. The molecule has 2 heterocycles. The van der Waals surface area contributed by atoms with Gasteiger partial charge in [-0.25, -0.2) is 4.79 Å². The van der Waals surface area contributed by atoms with Gasteiger partial charge in [-0.1, -0.05) is 42.1 Å². The highest BCUT2D eigenvalue weighted by Crippen LogP contribution is 2.20. The summed E-state index contributed by atoms with van der Waals surface area (Å²) in [5.41, 5.74) is 0.879. The molecular weight excluding hydrogens is 370 g/mol. The van der Waals surface area contributed by atoms with E-state index in [1.54, 1.807) is 0 Å². The lowest BCUT2D eigenvalue weighted by Crippen LogP contribution is -2.47. The minimum atomic E-state index is -0.590. The van der Waals surface area contributed by atoms with Crippen molar-refractivity contribution in [2.45, 2.75) is 25.5 Å². The van der Waals surface area contributed by atoms with Gasteiger partial charge in [0.05, 0.1) is 5.75 Å². The van der Waals surface area contributed by atoms with E-state index in [2.05, 4.69) is 5.32 Å². The first-order valence-electron chi connectivity index (χ1n) is 8.78. The third kappa shape index (κ3) is 4.79. The van der Waals surface area contributed by atoms with Crippen LogP contribution < -0.4 is 5.32 Å². The van der Waals surface area contributed by atoms with Crippen molar-refractivity contribution in [2.75, 3.05) is 25.4 Å². The average Bonchev–Trinajstić information content (AvgIpc) is 3.29. The van der Waals surface area contributed by atoms with Crippen molar-refractivity contribution in [3.8, 4) is 0 Å². The average molecular weight is 391 g/mol. The van der Waals surface area contributed by atoms with Crippen LogP contribution in [0.5, 0.6) is 0 Å². The maximum Gasteiger partial charge on any atom is 0.410 e. The number of hydrogen-bond acceptors (Lipinski definition) is 6. The van der Waals surface area contributed by atoms with E-state index in [4.69, 9.17) is 4.74 Å². The molecule has 2 fully saturated rings. The van der Waals surface area contributed by atoms with Crippen molar-refractivity contribution in [3.63, 3.8) is 0 Å². The molecule has 2 saturated heterocycles. The first-order chi connectivity index (χ1) is 13.1. The summed E-state index contributed by atoms with van der Waals surface area (Å²) in [6, 6.07) is 8.75. The van der Waals surface area contributed by atoms with E-state index in [-0.39, 0.29) is 42.5 Å². The number of carbonyl (C=O) groups is 4. The van der Waals surface area contributed by atoms with Gasteiger partial charge in [-0.2, -0.15) is 0 Å². The first-order valence-corrected chi connectivity index (χ1v) is 9.77. The van der Waals surface area contributed by atoms with E-state index in [9.17, 15) is 19.2 Å². The fourth-order valence-electron chi connectivity index (χ4n) is 3.07. The number of ether oxygens (including phenoxy) is 1. The van der Waals surface area contributed by atoms with Crippen molar-refractivity contribution in [2.24, 2.45) is 0 Å². The molecule has 0 aliphatic carbocycles. The van der Waals surface area contributed by atoms with Crippen molar-refractivity contribution in [3.05, 3.63) is 35.9 Å². The Labute approximate surface area is 161 Å². The molecule has 0 saturated carbocycles. The lowest BCUT2D eigenvalue weighted by atomic mass is 10.2. The van der Waals surface area contributed by atoms with Gasteiger partial charge in [0.2, 0.25) is 11.8 Å². The molecule has 4 amide bonds. The van der Waals surface area contributed by atoms with Gasteiger partial charge in [0.1, 0.15) is 12.6 Å². The topological polar surface area (TPSA) is 96.0 Å². The minimum absolute atomic E-state index is 0.140. The number of carbonyl (C=O) groups excluding carboxylic acids is 4. The molecule has 27 heavy (non-hydrogen) atoms. The molecule has 0 bridgehead atoms. The zero-order valence-corrected chi connectivity index (χ0v) is 15.6. The van der Waals surface area contributed by atoms with Crippen LogP contribution >= 0.6 is 11.8 Å². The SMILES string of the molecule is O=C(NCCN1C(=O)CSC1=O)C1CCCN1C(=O)OCc1ccccc1. The van der Waals surface area contributed by atoms with Crippen LogP contribution in [0.1, 0.15) is 18.4 Å². The van der Waals surface area contributed by atoms with E-state index in [1.807, 2.05) is 30.3 Å². The minimum Gasteiger partial charge on any atom is -0.445 e. The van der Waals surface area contributed by atoms with Crippen LogP contribution in [0.4, 0.5) is 9.59 Å². The molecule has 0 spiro atoms. The fourth-order valence-corrected chi connectivity index (χ4v) is 3.82. The Bertz CT molecular complexity index is 711. The number of thioether (sulfide) groups is 1. The number of hydrogen-bond donors (Lipinski definition) is 1. The molecule has 2 aliphatic heterocycles. The van der Waals surface area contributed by atoms with Gasteiger partial charge in [-0.05, 0) is 18.4 Å². The monoisotopic (exact) mass is 391 g/mol. The van der Waals surface area contributed by atoms with Crippen molar-refractivity contribution < 1.29 is 23.9 Å². The van der Waals surface area contributed by atoms with Crippen molar-refractivity contribution in [1.82, 2.24) is 15.1 Å². The largest absolute Gasteiger partial charge is 0.445 e. The summed E-state index contributed by atoms with van der Waals surface area (Å²) >= 11 is 0.961.